The molecule has 2 N–H and O–H groups in total. The third-order valence-electron chi connectivity index (χ3n) is 3.21. The van der Waals surface area contributed by atoms with Gasteiger partial charge < -0.3 is 5.73 Å². The first kappa shape index (κ1) is 12.8. The SMILES string of the molecule is CCCn1cc(C(N)c2ccc(CC)cc2)cn1. The van der Waals surface area contributed by atoms with Crippen molar-refractivity contribution < 1.29 is 0 Å². The van der Waals surface area contributed by atoms with Crippen LogP contribution in [0.1, 0.15) is 43.0 Å². The molecule has 0 amide bonds. The Balaban J connectivity index is 2.15. The van der Waals surface area contributed by atoms with Gasteiger partial charge in [0.05, 0.1) is 12.2 Å². The molecule has 0 spiro atoms. The quantitative estimate of drug-likeness (QED) is 0.877. The summed E-state index contributed by atoms with van der Waals surface area (Å²) in [6.07, 6.45) is 6.06. The average molecular weight is 243 g/mol. The monoisotopic (exact) mass is 243 g/mol. The van der Waals surface area contributed by atoms with Gasteiger partial charge in [-0.2, -0.15) is 5.10 Å². The molecule has 0 fully saturated rings. The number of nitrogens with two attached hydrogens (primary N) is 1. The zero-order chi connectivity index (χ0) is 13.0. The molecule has 0 aliphatic carbocycles. The molecule has 0 aliphatic rings. The first-order valence-electron chi connectivity index (χ1n) is 6.61. The molecule has 0 bridgehead atoms. The van der Waals surface area contributed by atoms with Crippen LogP contribution in [0.3, 0.4) is 0 Å². The van der Waals surface area contributed by atoms with Gasteiger partial charge in [0.2, 0.25) is 0 Å². The topological polar surface area (TPSA) is 43.8 Å². The lowest BCUT2D eigenvalue weighted by molar-refractivity contribution is 0.602. The van der Waals surface area contributed by atoms with Crippen LogP contribution in [0.25, 0.3) is 0 Å². The summed E-state index contributed by atoms with van der Waals surface area (Å²) in [6.45, 7) is 5.25. The highest BCUT2D eigenvalue weighted by Gasteiger charge is 2.10. The third-order valence-corrected chi connectivity index (χ3v) is 3.21. The molecule has 0 aliphatic heterocycles. The van der Waals surface area contributed by atoms with Crippen LogP contribution in [0.4, 0.5) is 0 Å². The summed E-state index contributed by atoms with van der Waals surface area (Å²) in [7, 11) is 0. The smallest absolute Gasteiger partial charge is 0.0582 e. The van der Waals surface area contributed by atoms with Gasteiger partial charge in [-0.3, -0.25) is 4.68 Å². The van der Waals surface area contributed by atoms with Crippen LogP contribution in [0.2, 0.25) is 0 Å². The summed E-state index contributed by atoms with van der Waals surface area (Å²) in [6, 6.07) is 8.43. The van der Waals surface area contributed by atoms with Crippen molar-refractivity contribution in [3.8, 4) is 0 Å². The van der Waals surface area contributed by atoms with E-state index in [4.69, 9.17) is 5.73 Å². The molecule has 1 atom stereocenters. The van der Waals surface area contributed by atoms with Gasteiger partial charge in [-0.1, -0.05) is 38.1 Å². The van der Waals surface area contributed by atoms with E-state index in [2.05, 4.69) is 43.2 Å². The van der Waals surface area contributed by atoms with E-state index in [1.54, 1.807) is 0 Å². The highest BCUT2D eigenvalue weighted by molar-refractivity contribution is 5.31. The molecule has 3 heteroatoms. The standard InChI is InChI=1S/C15H21N3/c1-3-9-18-11-14(10-17-18)15(16)13-7-5-12(4-2)6-8-13/h5-8,10-11,15H,3-4,9,16H2,1-2H3. The molecule has 96 valence electrons. The van der Waals surface area contributed by atoms with Crippen molar-refractivity contribution in [1.82, 2.24) is 9.78 Å². The van der Waals surface area contributed by atoms with Gasteiger partial charge in [-0.25, -0.2) is 0 Å². The lowest BCUT2D eigenvalue weighted by Crippen LogP contribution is -2.11. The first-order valence-corrected chi connectivity index (χ1v) is 6.61. The maximum absolute atomic E-state index is 6.26. The van der Waals surface area contributed by atoms with E-state index >= 15 is 0 Å². The first-order chi connectivity index (χ1) is 8.74. The highest BCUT2D eigenvalue weighted by Crippen LogP contribution is 2.19. The number of aryl methyl sites for hydroxylation is 2. The van der Waals surface area contributed by atoms with Gasteiger partial charge >= 0.3 is 0 Å². The van der Waals surface area contributed by atoms with Gasteiger partial charge in [0.15, 0.2) is 0 Å². The second-order valence-electron chi connectivity index (χ2n) is 4.61. The number of benzene rings is 1. The van der Waals surface area contributed by atoms with Crippen LogP contribution in [-0.2, 0) is 13.0 Å². The van der Waals surface area contributed by atoms with E-state index in [9.17, 15) is 0 Å². The Morgan fingerprint density at radius 3 is 2.50 bits per heavy atom. The van der Waals surface area contributed by atoms with Gasteiger partial charge in [-0.05, 0) is 24.0 Å². The number of aromatic nitrogens is 2. The summed E-state index contributed by atoms with van der Waals surface area (Å²) in [4.78, 5) is 0. The zero-order valence-corrected chi connectivity index (χ0v) is 11.1. The van der Waals surface area contributed by atoms with E-state index in [1.807, 2.05) is 17.1 Å². The van der Waals surface area contributed by atoms with E-state index in [0.29, 0.717) is 0 Å². The van der Waals surface area contributed by atoms with Gasteiger partial charge in [0.25, 0.3) is 0 Å². The third kappa shape index (κ3) is 2.79. The minimum Gasteiger partial charge on any atom is -0.320 e. The number of hydrogen-bond acceptors (Lipinski definition) is 2. The van der Waals surface area contributed by atoms with Crippen molar-refractivity contribution in [1.29, 1.82) is 0 Å². The molecule has 18 heavy (non-hydrogen) atoms. The van der Waals surface area contributed by atoms with Gasteiger partial charge in [0, 0.05) is 18.3 Å². The Bertz CT molecular complexity index is 485. The molecule has 2 aromatic rings. The van der Waals surface area contributed by atoms with Crippen molar-refractivity contribution in [2.45, 2.75) is 39.3 Å². The summed E-state index contributed by atoms with van der Waals surface area (Å²) >= 11 is 0. The molecule has 1 aromatic carbocycles. The van der Waals surface area contributed by atoms with Crippen LogP contribution in [-0.4, -0.2) is 9.78 Å². The summed E-state index contributed by atoms with van der Waals surface area (Å²) in [5, 5.41) is 4.32. The zero-order valence-electron chi connectivity index (χ0n) is 11.1. The predicted molar refractivity (Wildman–Crippen MR) is 74.4 cm³/mol. The molecule has 1 unspecified atom stereocenters. The molecule has 0 radical (unpaired) electrons. The fourth-order valence-electron chi connectivity index (χ4n) is 2.04. The van der Waals surface area contributed by atoms with E-state index in [1.165, 1.54) is 5.56 Å². The number of rotatable bonds is 5. The highest BCUT2D eigenvalue weighted by atomic mass is 15.3. The Hall–Kier alpha value is -1.61. The van der Waals surface area contributed by atoms with Crippen molar-refractivity contribution in [2.75, 3.05) is 0 Å². The normalized spacial score (nSPS) is 12.6. The molecular formula is C15H21N3. The predicted octanol–water partition coefficient (Wildman–Crippen LogP) is 2.90. The second kappa shape index (κ2) is 5.83. The van der Waals surface area contributed by atoms with Crippen molar-refractivity contribution in [3.05, 3.63) is 53.3 Å². The lowest BCUT2D eigenvalue weighted by Gasteiger charge is -2.10. The Labute approximate surface area is 109 Å². The molecule has 0 saturated heterocycles. The maximum Gasteiger partial charge on any atom is 0.0582 e. The van der Waals surface area contributed by atoms with Gasteiger partial charge in [0.1, 0.15) is 0 Å². The molecule has 3 nitrogen and oxygen atoms in total. The second-order valence-corrected chi connectivity index (χ2v) is 4.61. The fourth-order valence-corrected chi connectivity index (χ4v) is 2.04. The van der Waals surface area contributed by atoms with Crippen molar-refractivity contribution in [2.24, 2.45) is 5.73 Å². The molecular weight excluding hydrogens is 222 g/mol. The minimum absolute atomic E-state index is 0.0819. The molecule has 1 aromatic heterocycles. The maximum atomic E-state index is 6.26. The van der Waals surface area contributed by atoms with Crippen LogP contribution >= 0.6 is 0 Å². The Morgan fingerprint density at radius 1 is 1.17 bits per heavy atom. The summed E-state index contributed by atoms with van der Waals surface area (Å²) < 4.78 is 1.95. The number of nitrogens with zero attached hydrogens (tertiary/aromatic N) is 2. The summed E-state index contributed by atoms with van der Waals surface area (Å²) in [5.74, 6) is 0. The van der Waals surface area contributed by atoms with Crippen LogP contribution in [0.5, 0.6) is 0 Å². The average Bonchev–Trinajstić information content (AvgIpc) is 2.87. The molecule has 0 saturated carbocycles. The molecule has 2 rings (SSSR count). The van der Waals surface area contributed by atoms with Crippen molar-refractivity contribution in [3.63, 3.8) is 0 Å². The van der Waals surface area contributed by atoms with Crippen LogP contribution in [0.15, 0.2) is 36.7 Å². The van der Waals surface area contributed by atoms with Gasteiger partial charge in [-0.15, -0.1) is 0 Å². The Kier molecular flexibility index (Phi) is 4.15. The summed E-state index contributed by atoms with van der Waals surface area (Å²) in [5.41, 5.74) is 9.82. The minimum atomic E-state index is -0.0819. The van der Waals surface area contributed by atoms with E-state index in [0.717, 1.165) is 30.5 Å². The van der Waals surface area contributed by atoms with Crippen LogP contribution < -0.4 is 5.73 Å². The molecule has 1 heterocycles. The number of hydrogen-bond donors (Lipinski definition) is 1. The van der Waals surface area contributed by atoms with Crippen LogP contribution in [0, 0.1) is 0 Å². The van der Waals surface area contributed by atoms with E-state index in [-0.39, 0.29) is 6.04 Å². The Morgan fingerprint density at radius 2 is 1.89 bits per heavy atom. The lowest BCUT2D eigenvalue weighted by atomic mass is 10.0. The largest absolute Gasteiger partial charge is 0.320 e. The van der Waals surface area contributed by atoms with Crippen molar-refractivity contribution >= 4 is 0 Å². The fraction of sp³-hybridized carbons (Fsp3) is 0.400. The van der Waals surface area contributed by atoms with E-state index < -0.39 is 0 Å².